The second kappa shape index (κ2) is 5.26. The van der Waals surface area contributed by atoms with E-state index in [1.54, 1.807) is 6.92 Å². The molecule has 2 atom stereocenters. The molecule has 0 aliphatic heterocycles. The maximum atomic E-state index is 10.6. The second-order valence-corrected chi connectivity index (χ2v) is 3.35. The van der Waals surface area contributed by atoms with E-state index in [1.165, 1.54) is 7.11 Å². The van der Waals surface area contributed by atoms with Crippen LogP contribution in [0.3, 0.4) is 0 Å². The van der Waals surface area contributed by atoms with Crippen molar-refractivity contribution >= 4 is 17.0 Å². The molecule has 5 heteroatoms. The standard InChI is InChI=1S/C6H12O4S/c1-5(4-11(8)9)3-6(7)10-2/h5H,3-4H2,1-2H3,(H,8,9). The van der Waals surface area contributed by atoms with Crippen molar-refractivity contribution < 1.29 is 18.3 Å². The zero-order valence-electron chi connectivity index (χ0n) is 6.57. The Morgan fingerprint density at radius 2 is 2.27 bits per heavy atom. The first-order valence-corrected chi connectivity index (χ1v) is 4.48. The van der Waals surface area contributed by atoms with Crippen LogP contribution in [-0.2, 0) is 20.6 Å². The van der Waals surface area contributed by atoms with Gasteiger partial charge >= 0.3 is 5.97 Å². The Hall–Kier alpha value is -0.420. The van der Waals surface area contributed by atoms with Gasteiger partial charge in [0.25, 0.3) is 0 Å². The summed E-state index contributed by atoms with van der Waals surface area (Å²) < 4.78 is 23.0. The molecule has 1 N–H and O–H groups in total. The van der Waals surface area contributed by atoms with E-state index in [1.807, 2.05) is 0 Å². The molecule has 0 fully saturated rings. The van der Waals surface area contributed by atoms with Crippen molar-refractivity contribution in [2.75, 3.05) is 12.9 Å². The Bertz CT molecular complexity index is 157. The Labute approximate surface area is 68.2 Å². The molecule has 0 aromatic heterocycles. The SMILES string of the molecule is COC(=O)CC(C)CS(=O)O. The zero-order chi connectivity index (χ0) is 8.85. The van der Waals surface area contributed by atoms with E-state index in [9.17, 15) is 9.00 Å². The highest BCUT2D eigenvalue weighted by Crippen LogP contribution is 2.03. The van der Waals surface area contributed by atoms with Crippen LogP contribution in [0, 0.1) is 5.92 Å². The Balaban J connectivity index is 3.60. The van der Waals surface area contributed by atoms with Gasteiger partial charge in [0, 0.05) is 6.42 Å². The number of hydrogen-bond donors (Lipinski definition) is 1. The number of carbonyl (C=O) groups is 1. The van der Waals surface area contributed by atoms with Crippen molar-refractivity contribution in [1.82, 2.24) is 0 Å². The predicted octanol–water partition coefficient (Wildman–Crippen LogP) is 0.407. The molecule has 0 amide bonds. The van der Waals surface area contributed by atoms with Gasteiger partial charge in [-0.05, 0) is 5.92 Å². The van der Waals surface area contributed by atoms with Crippen LogP contribution in [0.15, 0.2) is 0 Å². The average Bonchev–Trinajstić information content (AvgIpc) is 1.85. The first kappa shape index (κ1) is 10.6. The lowest BCUT2D eigenvalue weighted by molar-refractivity contribution is -0.141. The molecule has 0 radical (unpaired) electrons. The summed E-state index contributed by atoms with van der Waals surface area (Å²) in [7, 11) is 1.30. The fourth-order valence-corrected chi connectivity index (χ4v) is 1.27. The molecule has 11 heavy (non-hydrogen) atoms. The third-order valence-electron chi connectivity index (χ3n) is 1.17. The number of carbonyl (C=O) groups excluding carboxylic acids is 1. The van der Waals surface area contributed by atoms with Crippen molar-refractivity contribution in [1.29, 1.82) is 0 Å². The molecule has 0 saturated carbocycles. The minimum atomic E-state index is -1.82. The highest BCUT2D eigenvalue weighted by molar-refractivity contribution is 7.79. The van der Waals surface area contributed by atoms with E-state index < -0.39 is 11.1 Å². The molecule has 0 aromatic rings. The van der Waals surface area contributed by atoms with Gasteiger partial charge in [-0.2, -0.15) is 0 Å². The van der Waals surface area contributed by atoms with E-state index in [4.69, 9.17) is 4.55 Å². The van der Waals surface area contributed by atoms with Crippen LogP contribution in [0.4, 0.5) is 0 Å². The number of ether oxygens (including phenoxy) is 1. The van der Waals surface area contributed by atoms with E-state index in [-0.39, 0.29) is 24.1 Å². The highest BCUT2D eigenvalue weighted by atomic mass is 32.2. The first-order chi connectivity index (χ1) is 5.06. The van der Waals surface area contributed by atoms with Gasteiger partial charge in [0.15, 0.2) is 11.1 Å². The monoisotopic (exact) mass is 180 g/mol. The van der Waals surface area contributed by atoms with Crippen molar-refractivity contribution in [3.8, 4) is 0 Å². The second-order valence-electron chi connectivity index (χ2n) is 2.37. The van der Waals surface area contributed by atoms with Crippen LogP contribution >= 0.6 is 0 Å². The van der Waals surface area contributed by atoms with Crippen molar-refractivity contribution in [2.45, 2.75) is 13.3 Å². The maximum absolute atomic E-state index is 10.6. The molecule has 0 aliphatic rings. The number of methoxy groups -OCH3 is 1. The van der Waals surface area contributed by atoms with Gasteiger partial charge in [0.1, 0.15) is 0 Å². The summed E-state index contributed by atoms with van der Waals surface area (Å²) in [5.41, 5.74) is 0. The lowest BCUT2D eigenvalue weighted by Crippen LogP contribution is -2.13. The summed E-state index contributed by atoms with van der Waals surface area (Å²) in [4.78, 5) is 10.6. The minimum Gasteiger partial charge on any atom is -0.469 e. The molecule has 0 rings (SSSR count). The van der Waals surface area contributed by atoms with E-state index in [0.717, 1.165) is 0 Å². The largest absolute Gasteiger partial charge is 0.469 e. The van der Waals surface area contributed by atoms with Crippen LogP contribution in [0.5, 0.6) is 0 Å². The Morgan fingerprint density at radius 3 is 2.64 bits per heavy atom. The lowest BCUT2D eigenvalue weighted by atomic mass is 10.1. The molecule has 0 aliphatic carbocycles. The van der Waals surface area contributed by atoms with Crippen LogP contribution in [0.1, 0.15) is 13.3 Å². The molecule has 0 spiro atoms. The fraction of sp³-hybridized carbons (Fsp3) is 0.833. The third-order valence-corrected chi connectivity index (χ3v) is 2.02. The smallest absolute Gasteiger partial charge is 0.305 e. The zero-order valence-corrected chi connectivity index (χ0v) is 7.39. The van der Waals surface area contributed by atoms with Gasteiger partial charge in [0.05, 0.1) is 12.9 Å². The summed E-state index contributed by atoms with van der Waals surface area (Å²) in [6.07, 6.45) is 0.197. The predicted molar refractivity (Wildman–Crippen MR) is 41.4 cm³/mol. The summed E-state index contributed by atoms with van der Waals surface area (Å²) in [5, 5.41) is 0. The average molecular weight is 180 g/mol. The van der Waals surface area contributed by atoms with Gasteiger partial charge in [-0.3, -0.25) is 4.79 Å². The van der Waals surface area contributed by atoms with E-state index in [2.05, 4.69) is 4.74 Å². The molecule has 0 bridgehead atoms. The van der Waals surface area contributed by atoms with Gasteiger partial charge in [-0.15, -0.1) is 0 Å². The van der Waals surface area contributed by atoms with Crippen LogP contribution < -0.4 is 0 Å². The molecule has 0 heterocycles. The van der Waals surface area contributed by atoms with Crippen molar-refractivity contribution in [3.05, 3.63) is 0 Å². The first-order valence-electron chi connectivity index (χ1n) is 3.20. The molecule has 0 saturated heterocycles. The van der Waals surface area contributed by atoms with Crippen LogP contribution in [-0.4, -0.2) is 27.6 Å². The summed E-state index contributed by atoms with van der Waals surface area (Å²) in [6.45, 7) is 1.73. The number of rotatable bonds is 4. The van der Waals surface area contributed by atoms with Gasteiger partial charge in [-0.1, -0.05) is 6.92 Å². The van der Waals surface area contributed by atoms with Crippen molar-refractivity contribution in [3.63, 3.8) is 0 Å². The number of hydrogen-bond acceptors (Lipinski definition) is 3. The summed E-state index contributed by atoms with van der Waals surface area (Å²) in [6, 6.07) is 0. The van der Waals surface area contributed by atoms with Crippen molar-refractivity contribution in [2.24, 2.45) is 5.92 Å². The van der Waals surface area contributed by atoms with Crippen LogP contribution in [0.2, 0.25) is 0 Å². The third kappa shape index (κ3) is 6.00. The molecule has 66 valence electrons. The molecular weight excluding hydrogens is 168 g/mol. The Kier molecular flexibility index (Phi) is 5.06. The molecule has 0 aromatic carbocycles. The normalized spacial score (nSPS) is 15.5. The number of esters is 1. The van der Waals surface area contributed by atoms with E-state index in [0.29, 0.717) is 0 Å². The van der Waals surface area contributed by atoms with Gasteiger partial charge in [0.2, 0.25) is 0 Å². The van der Waals surface area contributed by atoms with Gasteiger partial charge in [-0.25, -0.2) is 4.21 Å². The Morgan fingerprint density at radius 1 is 1.73 bits per heavy atom. The molecular formula is C6H12O4S. The molecule has 4 nitrogen and oxygen atoms in total. The topological polar surface area (TPSA) is 63.6 Å². The van der Waals surface area contributed by atoms with Gasteiger partial charge < -0.3 is 9.29 Å². The quantitative estimate of drug-likeness (QED) is 0.502. The maximum Gasteiger partial charge on any atom is 0.305 e. The molecule has 2 unspecified atom stereocenters. The van der Waals surface area contributed by atoms with E-state index >= 15 is 0 Å². The lowest BCUT2D eigenvalue weighted by Gasteiger charge is -2.05. The summed E-state index contributed by atoms with van der Waals surface area (Å²) in [5.74, 6) is -0.328. The summed E-state index contributed by atoms with van der Waals surface area (Å²) >= 11 is -1.82. The fourth-order valence-electron chi connectivity index (χ4n) is 0.670. The minimum absolute atomic E-state index is 0.103. The highest BCUT2D eigenvalue weighted by Gasteiger charge is 2.10. The van der Waals surface area contributed by atoms with Crippen LogP contribution in [0.25, 0.3) is 0 Å².